The molecule has 0 saturated heterocycles. The van der Waals surface area contributed by atoms with Gasteiger partial charge in [0.05, 0.1) is 5.56 Å². The Bertz CT molecular complexity index is 919. The van der Waals surface area contributed by atoms with E-state index in [1.165, 1.54) is 0 Å². The van der Waals surface area contributed by atoms with Crippen molar-refractivity contribution in [1.82, 2.24) is 4.90 Å². The van der Waals surface area contributed by atoms with Gasteiger partial charge in [0, 0.05) is 24.7 Å². The largest absolute Gasteiger partial charge is 0.457 e. The molecule has 0 atom stereocenters. The van der Waals surface area contributed by atoms with Crippen molar-refractivity contribution in [3.05, 3.63) is 58.9 Å². The van der Waals surface area contributed by atoms with Gasteiger partial charge in [-0.25, -0.2) is 9.18 Å². The highest BCUT2D eigenvalue weighted by Gasteiger charge is 2.34. The van der Waals surface area contributed by atoms with Crippen LogP contribution in [-0.4, -0.2) is 23.1 Å². The Labute approximate surface area is 166 Å². The third-order valence-corrected chi connectivity index (χ3v) is 4.35. The summed E-state index contributed by atoms with van der Waals surface area (Å²) >= 11 is 0. The minimum atomic E-state index is -4.76. The molecule has 0 spiro atoms. The van der Waals surface area contributed by atoms with Crippen molar-refractivity contribution in [1.29, 1.82) is 0 Å². The van der Waals surface area contributed by atoms with Gasteiger partial charge in [0.25, 0.3) is 0 Å². The molecular weight excluding hydrogens is 390 g/mol. The van der Waals surface area contributed by atoms with E-state index in [-0.39, 0.29) is 5.75 Å². The number of rotatable bonds is 2. The average Bonchev–Trinajstić information content (AvgIpc) is 2.59. The summed E-state index contributed by atoms with van der Waals surface area (Å²) in [5.74, 6) is -1.00. The summed E-state index contributed by atoms with van der Waals surface area (Å²) in [4.78, 5) is 13.9. The number of fused-ring (bicyclic) bond motifs is 1. The number of hydrogen-bond acceptors (Lipinski definition) is 3. The van der Waals surface area contributed by atoms with Gasteiger partial charge >= 0.3 is 12.3 Å². The molecule has 0 aliphatic carbocycles. The van der Waals surface area contributed by atoms with Gasteiger partial charge in [-0.3, -0.25) is 0 Å². The molecular formula is C21H21F4NO3. The van der Waals surface area contributed by atoms with Crippen molar-refractivity contribution in [2.24, 2.45) is 0 Å². The van der Waals surface area contributed by atoms with Crippen LogP contribution in [0.2, 0.25) is 0 Å². The van der Waals surface area contributed by atoms with E-state index in [1.54, 1.807) is 37.8 Å². The monoisotopic (exact) mass is 411 g/mol. The number of carbonyl (C=O) groups excluding carboxylic acids is 1. The normalized spacial score (nSPS) is 14.4. The van der Waals surface area contributed by atoms with E-state index in [4.69, 9.17) is 9.47 Å². The van der Waals surface area contributed by atoms with Crippen LogP contribution in [0.25, 0.3) is 0 Å². The van der Waals surface area contributed by atoms with Crippen molar-refractivity contribution in [2.45, 2.75) is 45.5 Å². The first-order chi connectivity index (χ1) is 13.4. The molecule has 0 radical (unpaired) electrons. The Balaban J connectivity index is 1.79. The molecule has 0 saturated carbocycles. The van der Waals surface area contributed by atoms with Crippen LogP contribution in [0.15, 0.2) is 36.4 Å². The molecule has 29 heavy (non-hydrogen) atoms. The van der Waals surface area contributed by atoms with E-state index in [0.29, 0.717) is 31.3 Å². The number of halogens is 4. The van der Waals surface area contributed by atoms with Gasteiger partial charge in [0.1, 0.15) is 22.9 Å². The quantitative estimate of drug-likeness (QED) is 0.575. The Morgan fingerprint density at radius 3 is 2.45 bits per heavy atom. The second kappa shape index (κ2) is 7.57. The third kappa shape index (κ3) is 4.99. The smallest absolute Gasteiger partial charge is 0.419 e. The molecule has 4 nitrogen and oxygen atoms in total. The first-order valence-electron chi connectivity index (χ1n) is 9.07. The zero-order valence-corrected chi connectivity index (χ0v) is 16.3. The maximum Gasteiger partial charge on any atom is 0.419 e. The van der Waals surface area contributed by atoms with Crippen molar-refractivity contribution >= 4 is 6.09 Å². The Morgan fingerprint density at radius 1 is 1.10 bits per heavy atom. The molecule has 1 aliphatic heterocycles. The van der Waals surface area contributed by atoms with Gasteiger partial charge in [-0.2, -0.15) is 13.2 Å². The van der Waals surface area contributed by atoms with Gasteiger partial charge in [-0.15, -0.1) is 0 Å². The molecule has 0 N–H and O–H groups in total. The van der Waals surface area contributed by atoms with Crippen molar-refractivity contribution in [2.75, 3.05) is 6.54 Å². The highest BCUT2D eigenvalue weighted by molar-refractivity contribution is 5.69. The number of ether oxygens (including phenoxy) is 2. The van der Waals surface area contributed by atoms with Crippen molar-refractivity contribution < 1.29 is 31.8 Å². The van der Waals surface area contributed by atoms with Crippen LogP contribution >= 0.6 is 0 Å². The minimum absolute atomic E-state index is 0.0292. The fourth-order valence-electron chi connectivity index (χ4n) is 3.07. The lowest BCUT2D eigenvalue weighted by Crippen LogP contribution is -2.39. The van der Waals surface area contributed by atoms with Crippen molar-refractivity contribution in [3.63, 3.8) is 0 Å². The van der Waals surface area contributed by atoms with Crippen LogP contribution in [0, 0.1) is 5.82 Å². The molecule has 0 aromatic heterocycles. The predicted octanol–water partition coefficient (Wildman–Crippen LogP) is 5.93. The molecule has 1 aliphatic rings. The molecule has 2 aromatic rings. The van der Waals surface area contributed by atoms with Crippen LogP contribution in [0.1, 0.15) is 37.5 Å². The zero-order chi connectivity index (χ0) is 21.4. The molecule has 8 heteroatoms. The van der Waals surface area contributed by atoms with Crippen LogP contribution in [-0.2, 0) is 23.9 Å². The topological polar surface area (TPSA) is 38.8 Å². The molecule has 0 bridgehead atoms. The van der Waals surface area contributed by atoms with Gasteiger partial charge in [-0.1, -0.05) is 12.1 Å². The van der Waals surface area contributed by atoms with Gasteiger partial charge < -0.3 is 14.4 Å². The fourth-order valence-corrected chi connectivity index (χ4v) is 3.07. The molecule has 0 unspecified atom stereocenters. The molecule has 1 amide bonds. The van der Waals surface area contributed by atoms with Gasteiger partial charge in [0.2, 0.25) is 0 Å². The number of amides is 1. The van der Waals surface area contributed by atoms with E-state index >= 15 is 0 Å². The summed E-state index contributed by atoms with van der Waals surface area (Å²) in [7, 11) is 0. The minimum Gasteiger partial charge on any atom is -0.457 e. The van der Waals surface area contributed by atoms with E-state index in [0.717, 1.165) is 23.3 Å². The number of alkyl halides is 3. The lowest BCUT2D eigenvalue weighted by molar-refractivity contribution is -0.140. The average molecular weight is 411 g/mol. The third-order valence-electron chi connectivity index (χ3n) is 4.35. The highest BCUT2D eigenvalue weighted by atomic mass is 19.4. The maximum atomic E-state index is 13.8. The van der Waals surface area contributed by atoms with Crippen molar-refractivity contribution in [3.8, 4) is 11.5 Å². The van der Waals surface area contributed by atoms with E-state index < -0.39 is 29.3 Å². The summed E-state index contributed by atoms with van der Waals surface area (Å²) in [6.07, 6.45) is -4.70. The number of benzene rings is 2. The van der Waals surface area contributed by atoms with E-state index in [9.17, 15) is 22.4 Å². The number of carbonyl (C=O) groups is 1. The fraction of sp³-hybridized carbons (Fsp3) is 0.381. The van der Waals surface area contributed by atoms with Crippen LogP contribution in [0.5, 0.6) is 11.5 Å². The summed E-state index contributed by atoms with van der Waals surface area (Å²) < 4.78 is 63.0. The van der Waals surface area contributed by atoms with Gasteiger partial charge in [-0.05, 0) is 51.0 Å². The maximum absolute atomic E-state index is 13.8. The molecule has 156 valence electrons. The zero-order valence-electron chi connectivity index (χ0n) is 16.3. The Kier molecular flexibility index (Phi) is 5.47. The molecule has 1 heterocycles. The predicted molar refractivity (Wildman–Crippen MR) is 98.3 cm³/mol. The molecule has 3 rings (SSSR count). The first kappa shape index (κ1) is 21.0. The highest BCUT2D eigenvalue weighted by Crippen LogP contribution is 2.36. The lowest BCUT2D eigenvalue weighted by Gasteiger charge is -2.31. The van der Waals surface area contributed by atoms with Gasteiger partial charge in [0.15, 0.2) is 0 Å². The second-order valence-electron chi connectivity index (χ2n) is 7.79. The summed E-state index contributed by atoms with van der Waals surface area (Å²) in [6.45, 7) is 6.10. The molecule has 0 fully saturated rings. The number of nitrogens with zero attached hydrogens (tertiary/aromatic N) is 1. The summed E-state index contributed by atoms with van der Waals surface area (Å²) in [5, 5.41) is 0. The van der Waals surface area contributed by atoms with E-state index in [1.807, 2.05) is 6.07 Å². The molecule has 2 aromatic carbocycles. The lowest BCUT2D eigenvalue weighted by atomic mass is 9.99. The van der Waals surface area contributed by atoms with Crippen LogP contribution in [0.3, 0.4) is 0 Å². The second-order valence-corrected chi connectivity index (χ2v) is 7.79. The first-order valence-corrected chi connectivity index (χ1v) is 9.07. The SMILES string of the molecule is CC(C)(C)OC(=O)N1CCc2c(cccc2Oc2ccc(C(F)(F)F)c(F)c2)C1. The van der Waals surface area contributed by atoms with E-state index in [2.05, 4.69) is 0 Å². The van der Waals surface area contributed by atoms with Crippen LogP contribution in [0.4, 0.5) is 22.4 Å². The standard InChI is InChI=1S/C21H21F4NO3/c1-20(2,3)29-19(27)26-10-9-15-13(12-26)5-4-6-18(15)28-14-7-8-16(17(22)11-14)21(23,24)25/h4-8,11H,9-10,12H2,1-3H3. The Morgan fingerprint density at radius 2 is 1.83 bits per heavy atom. The number of hydrogen-bond donors (Lipinski definition) is 0. The Hall–Kier alpha value is -2.77. The summed E-state index contributed by atoms with van der Waals surface area (Å²) in [5.41, 5.74) is -0.276. The summed E-state index contributed by atoms with van der Waals surface area (Å²) in [6, 6.07) is 7.68. The van der Waals surface area contributed by atoms with Crippen LogP contribution < -0.4 is 4.74 Å².